The summed E-state index contributed by atoms with van der Waals surface area (Å²) in [5, 5.41) is 12.8. The zero-order chi connectivity index (χ0) is 13.0. The van der Waals surface area contributed by atoms with Crippen molar-refractivity contribution in [2.75, 3.05) is 26.3 Å². The van der Waals surface area contributed by atoms with Crippen LogP contribution in [0.4, 0.5) is 0 Å². The van der Waals surface area contributed by atoms with Crippen LogP contribution in [-0.2, 0) is 14.3 Å². The molecule has 0 aromatic carbocycles. The molecule has 102 valence electrons. The fraction of sp³-hybridized carbons (Fsp3) is 0.833. The number of carbonyl (C=O) groups excluding carboxylic acids is 2. The van der Waals surface area contributed by atoms with Gasteiger partial charge in [-0.15, -0.1) is 0 Å². The number of hydrazine groups is 1. The van der Waals surface area contributed by atoms with Crippen molar-refractivity contribution in [1.82, 2.24) is 10.4 Å². The Balaban J connectivity index is 1.91. The number of morpholine rings is 1. The van der Waals surface area contributed by atoms with E-state index in [1.807, 2.05) is 0 Å². The van der Waals surface area contributed by atoms with Crippen molar-refractivity contribution in [3.8, 4) is 0 Å². The number of ether oxygens (including phenoxy) is 1. The van der Waals surface area contributed by atoms with Crippen LogP contribution < -0.4 is 10.5 Å². The number of rotatable bonds is 3. The second-order valence-electron chi connectivity index (χ2n) is 4.89. The van der Waals surface area contributed by atoms with Crippen molar-refractivity contribution in [2.45, 2.75) is 25.7 Å². The average molecular weight is 255 g/mol. The standard InChI is InChI=1S/C12H20N2O4/c15-11(13-14-5-7-18-8-6-14)9-3-1-2-4-10(9)12(16)17/h9-10H,1-8H2,(H,13,15)(H,16,17)/p-1/t9-,10-/m0/s1. The minimum absolute atomic E-state index is 0.189. The Morgan fingerprint density at radius 2 is 1.72 bits per heavy atom. The molecule has 2 aliphatic rings. The maximum atomic E-state index is 12.1. The van der Waals surface area contributed by atoms with E-state index < -0.39 is 17.8 Å². The summed E-state index contributed by atoms with van der Waals surface area (Å²) < 4.78 is 5.19. The summed E-state index contributed by atoms with van der Waals surface area (Å²) in [5.74, 6) is -2.38. The van der Waals surface area contributed by atoms with Crippen LogP contribution >= 0.6 is 0 Å². The molecule has 1 saturated carbocycles. The molecule has 1 saturated heterocycles. The quantitative estimate of drug-likeness (QED) is 0.692. The molecule has 2 atom stereocenters. The summed E-state index contributed by atoms with van der Waals surface area (Å²) in [7, 11) is 0. The van der Waals surface area contributed by atoms with Crippen LogP contribution in [0.1, 0.15) is 25.7 Å². The van der Waals surface area contributed by atoms with Crippen molar-refractivity contribution >= 4 is 11.9 Å². The first kappa shape index (κ1) is 13.3. The molecule has 0 aromatic rings. The van der Waals surface area contributed by atoms with Gasteiger partial charge in [0.2, 0.25) is 5.91 Å². The highest BCUT2D eigenvalue weighted by Gasteiger charge is 2.32. The Kier molecular flexibility index (Phi) is 4.54. The molecule has 0 bridgehead atoms. The van der Waals surface area contributed by atoms with E-state index in [9.17, 15) is 14.7 Å². The number of carboxylic acids is 1. The Morgan fingerprint density at radius 3 is 2.33 bits per heavy atom. The van der Waals surface area contributed by atoms with Gasteiger partial charge in [0.25, 0.3) is 0 Å². The van der Waals surface area contributed by atoms with E-state index >= 15 is 0 Å². The van der Waals surface area contributed by atoms with Gasteiger partial charge in [-0.1, -0.05) is 12.8 Å². The summed E-state index contributed by atoms with van der Waals surface area (Å²) in [6.07, 6.45) is 2.95. The Hall–Kier alpha value is -1.14. The van der Waals surface area contributed by atoms with E-state index in [-0.39, 0.29) is 5.91 Å². The molecule has 1 heterocycles. The molecule has 0 spiro atoms. The van der Waals surface area contributed by atoms with Crippen LogP contribution in [0.3, 0.4) is 0 Å². The minimum Gasteiger partial charge on any atom is -0.550 e. The normalized spacial score (nSPS) is 29.8. The number of carboxylic acid groups (broad SMARTS) is 1. The van der Waals surface area contributed by atoms with E-state index in [0.29, 0.717) is 39.1 Å². The summed E-state index contributed by atoms with van der Waals surface area (Å²) in [5.41, 5.74) is 2.80. The minimum atomic E-state index is -1.10. The van der Waals surface area contributed by atoms with Crippen molar-refractivity contribution in [3.63, 3.8) is 0 Å². The Bertz CT molecular complexity index is 315. The highest BCUT2D eigenvalue weighted by Crippen LogP contribution is 2.29. The smallest absolute Gasteiger partial charge is 0.238 e. The van der Waals surface area contributed by atoms with Crippen LogP contribution in [0.15, 0.2) is 0 Å². The lowest BCUT2D eigenvalue weighted by Gasteiger charge is -2.34. The van der Waals surface area contributed by atoms with Gasteiger partial charge in [0.1, 0.15) is 0 Å². The van der Waals surface area contributed by atoms with Gasteiger partial charge in [-0.25, -0.2) is 5.01 Å². The maximum Gasteiger partial charge on any atom is 0.238 e. The summed E-state index contributed by atoms with van der Waals surface area (Å²) >= 11 is 0. The third-order valence-corrected chi connectivity index (χ3v) is 3.68. The molecular weight excluding hydrogens is 236 g/mol. The van der Waals surface area contributed by atoms with Gasteiger partial charge in [-0.05, 0) is 12.8 Å². The van der Waals surface area contributed by atoms with Crippen molar-refractivity contribution in [1.29, 1.82) is 0 Å². The Labute approximate surface area is 106 Å². The second-order valence-corrected chi connectivity index (χ2v) is 4.89. The molecule has 1 N–H and O–H groups in total. The zero-order valence-corrected chi connectivity index (χ0v) is 10.4. The highest BCUT2D eigenvalue weighted by atomic mass is 16.5. The van der Waals surface area contributed by atoms with E-state index in [4.69, 9.17) is 4.74 Å². The maximum absolute atomic E-state index is 12.1. The number of nitrogens with zero attached hydrogens (tertiary/aromatic N) is 1. The third kappa shape index (κ3) is 3.20. The number of amides is 1. The van der Waals surface area contributed by atoms with Crippen molar-refractivity contribution < 1.29 is 19.4 Å². The first-order valence-electron chi connectivity index (χ1n) is 6.52. The summed E-state index contributed by atoms with van der Waals surface area (Å²) in [6.45, 7) is 2.48. The van der Waals surface area contributed by atoms with E-state index in [2.05, 4.69) is 5.43 Å². The molecule has 1 aliphatic carbocycles. The third-order valence-electron chi connectivity index (χ3n) is 3.68. The predicted molar refractivity (Wildman–Crippen MR) is 61.0 cm³/mol. The molecular formula is C12H19N2O4-. The van der Waals surface area contributed by atoms with Gasteiger partial charge >= 0.3 is 0 Å². The molecule has 0 radical (unpaired) electrons. The monoisotopic (exact) mass is 255 g/mol. The number of hydrogen-bond donors (Lipinski definition) is 1. The van der Waals surface area contributed by atoms with Gasteiger partial charge in [0.05, 0.1) is 13.2 Å². The number of carbonyl (C=O) groups is 2. The van der Waals surface area contributed by atoms with Gasteiger partial charge in [0.15, 0.2) is 0 Å². The molecule has 1 amide bonds. The lowest BCUT2D eigenvalue weighted by Crippen LogP contribution is -2.53. The zero-order valence-electron chi connectivity index (χ0n) is 10.4. The predicted octanol–water partition coefficient (Wildman–Crippen LogP) is -1.09. The fourth-order valence-corrected chi connectivity index (χ4v) is 2.64. The van der Waals surface area contributed by atoms with Crippen molar-refractivity contribution in [3.05, 3.63) is 0 Å². The van der Waals surface area contributed by atoms with E-state index in [0.717, 1.165) is 12.8 Å². The molecule has 1 aliphatic heterocycles. The van der Waals surface area contributed by atoms with Crippen LogP contribution in [0.2, 0.25) is 0 Å². The molecule has 2 rings (SSSR count). The number of nitrogens with one attached hydrogen (secondary N) is 1. The fourth-order valence-electron chi connectivity index (χ4n) is 2.64. The van der Waals surface area contributed by atoms with Gasteiger partial charge < -0.3 is 14.6 Å². The first-order chi connectivity index (χ1) is 8.68. The highest BCUT2D eigenvalue weighted by molar-refractivity contribution is 5.83. The average Bonchev–Trinajstić information content (AvgIpc) is 2.40. The lowest BCUT2D eigenvalue weighted by molar-refractivity contribution is -0.314. The van der Waals surface area contributed by atoms with Crippen LogP contribution in [0.5, 0.6) is 0 Å². The SMILES string of the molecule is O=C([O-])[C@H]1CCCC[C@@H]1C(=O)NN1CCOCC1. The van der Waals surface area contributed by atoms with E-state index in [1.54, 1.807) is 5.01 Å². The largest absolute Gasteiger partial charge is 0.550 e. The molecule has 18 heavy (non-hydrogen) atoms. The molecule has 0 aromatic heterocycles. The van der Waals surface area contributed by atoms with Gasteiger partial charge in [-0.2, -0.15) is 0 Å². The second kappa shape index (κ2) is 6.15. The van der Waals surface area contributed by atoms with Gasteiger partial charge in [0, 0.05) is 30.9 Å². The van der Waals surface area contributed by atoms with Crippen LogP contribution in [0, 0.1) is 11.8 Å². The molecule has 6 nitrogen and oxygen atoms in total. The summed E-state index contributed by atoms with van der Waals surface area (Å²) in [4.78, 5) is 23.1. The number of hydrogen-bond acceptors (Lipinski definition) is 5. The van der Waals surface area contributed by atoms with Crippen molar-refractivity contribution in [2.24, 2.45) is 11.8 Å². The topological polar surface area (TPSA) is 81.7 Å². The van der Waals surface area contributed by atoms with E-state index in [1.165, 1.54) is 0 Å². The number of aliphatic carboxylic acids is 1. The molecule has 0 unspecified atom stereocenters. The summed E-state index contributed by atoms with van der Waals surface area (Å²) in [6, 6.07) is 0. The molecule has 6 heteroatoms. The van der Waals surface area contributed by atoms with Gasteiger partial charge in [-0.3, -0.25) is 10.2 Å². The Morgan fingerprint density at radius 1 is 1.11 bits per heavy atom. The first-order valence-corrected chi connectivity index (χ1v) is 6.52. The lowest BCUT2D eigenvalue weighted by atomic mass is 9.79. The van der Waals surface area contributed by atoms with Crippen LogP contribution in [-0.4, -0.2) is 43.2 Å². The van der Waals surface area contributed by atoms with Crippen LogP contribution in [0.25, 0.3) is 0 Å². The molecule has 2 fully saturated rings.